The van der Waals surface area contributed by atoms with Gasteiger partial charge in [-0.15, -0.1) is 23.5 Å². The number of aryl methyl sites for hydroxylation is 2. The first-order valence-corrected chi connectivity index (χ1v) is 11.4. The van der Waals surface area contributed by atoms with Gasteiger partial charge in [-0.05, 0) is 50.6 Å². The van der Waals surface area contributed by atoms with E-state index in [1.54, 1.807) is 23.5 Å². The van der Waals surface area contributed by atoms with Crippen LogP contribution in [0.15, 0.2) is 88.7 Å². The third-order valence-corrected chi connectivity index (χ3v) is 7.44. The zero-order valence-electron chi connectivity index (χ0n) is 17.1. The molecule has 0 radical (unpaired) electrons. The second kappa shape index (κ2) is 10.0. The van der Waals surface area contributed by atoms with Crippen molar-refractivity contribution in [2.45, 2.75) is 41.1 Å². The van der Waals surface area contributed by atoms with Crippen LogP contribution in [-0.2, 0) is 13.6 Å². The van der Waals surface area contributed by atoms with E-state index in [-0.39, 0.29) is 12.4 Å². The second-order valence-electron chi connectivity index (χ2n) is 6.93. The second-order valence-corrected chi connectivity index (χ2v) is 9.93. The van der Waals surface area contributed by atoms with Gasteiger partial charge in [-0.25, -0.2) is 0 Å². The van der Waals surface area contributed by atoms with Crippen LogP contribution >= 0.6 is 23.5 Å². The largest absolute Gasteiger partial charge is 0.466 e. The summed E-state index contributed by atoms with van der Waals surface area (Å²) in [6, 6.07) is 27.2. The number of esters is 1. The van der Waals surface area contributed by atoms with Gasteiger partial charge >= 0.3 is 5.97 Å². The summed E-state index contributed by atoms with van der Waals surface area (Å²) in [5, 5.41) is 0. The molecule has 3 rings (SSSR count). The van der Waals surface area contributed by atoms with Gasteiger partial charge in [-0.1, -0.05) is 65.7 Å². The van der Waals surface area contributed by atoms with E-state index in [2.05, 4.69) is 74.5 Å². The maximum atomic E-state index is 12.7. The Kier molecular flexibility index (Phi) is 7.45. The first kappa shape index (κ1) is 21.5. The van der Waals surface area contributed by atoms with Crippen molar-refractivity contribution in [3.63, 3.8) is 0 Å². The third kappa shape index (κ3) is 5.91. The standard InChI is InChI=1S/C25H26O2S2/c1-4-27-24(26)18-25(21-8-6-5-7-9-21,28-22-14-10-19(2)11-15-22)29-23-16-12-20(3)13-17-23/h5-17H,4,18H2,1-3H3. The van der Waals surface area contributed by atoms with Gasteiger partial charge in [0.15, 0.2) is 0 Å². The first-order chi connectivity index (χ1) is 14.0. The molecule has 4 heteroatoms. The van der Waals surface area contributed by atoms with Gasteiger partial charge < -0.3 is 4.74 Å². The summed E-state index contributed by atoms with van der Waals surface area (Å²) in [5.41, 5.74) is 3.54. The lowest BCUT2D eigenvalue weighted by molar-refractivity contribution is -0.143. The predicted molar refractivity (Wildman–Crippen MR) is 123 cm³/mol. The van der Waals surface area contributed by atoms with E-state index in [0.717, 1.165) is 15.4 Å². The van der Waals surface area contributed by atoms with Gasteiger partial charge in [0.25, 0.3) is 0 Å². The Bertz CT molecular complexity index is 872. The molecule has 0 atom stereocenters. The van der Waals surface area contributed by atoms with Crippen LogP contribution in [0.1, 0.15) is 30.0 Å². The topological polar surface area (TPSA) is 26.3 Å². The van der Waals surface area contributed by atoms with Crippen molar-refractivity contribution in [1.29, 1.82) is 0 Å². The first-order valence-electron chi connectivity index (χ1n) is 9.73. The average Bonchev–Trinajstić information content (AvgIpc) is 2.72. The van der Waals surface area contributed by atoms with Crippen LogP contribution in [0.3, 0.4) is 0 Å². The number of benzene rings is 3. The molecular formula is C25H26O2S2. The van der Waals surface area contributed by atoms with Crippen molar-refractivity contribution < 1.29 is 9.53 Å². The van der Waals surface area contributed by atoms with Crippen LogP contribution in [0.5, 0.6) is 0 Å². The Morgan fingerprint density at radius 2 is 1.28 bits per heavy atom. The molecule has 3 aromatic carbocycles. The molecule has 29 heavy (non-hydrogen) atoms. The van der Waals surface area contributed by atoms with Crippen LogP contribution < -0.4 is 0 Å². The molecule has 0 heterocycles. The van der Waals surface area contributed by atoms with Crippen molar-refractivity contribution in [3.8, 4) is 0 Å². The molecule has 0 aromatic heterocycles. The molecule has 0 bridgehead atoms. The summed E-state index contributed by atoms with van der Waals surface area (Å²) < 4.78 is 4.84. The monoisotopic (exact) mass is 422 g/mol. The van der Waals surface area contributed by atoms with Gasteiger partial charge in [0.1, 0.15) is 4.08 Å². The minimum Gasteiger partial charge on any atom is -0.466 e. The summed E-state index contributed by atoms with van der Waals surface area (Å²) in [6.07, 6.45) is 0.280. The molecule has 0 unspecified atom stereocenters. The fourth-order valence-electron chi connectivity index (χ4n) is 3.00. The van der Waals surface area contributed by atoms with E-state index in [4.69, 9.17) is 4.74 Å². The zero-order valence-corrected chi connectivity index (χ0v) is 18.7. The van der Waals surface area contributed by atoms with E-state index >= 15 is 0 Å². The molecule has 150 valence electrons. The lowest BCUT2D eigenvalue weighted by atomic mass is 10.1. The molecule has 0 saturated heterocycles. The minimum absolute atomic E-state index is 0.185. The molecule has 2 nitrogen and oxygen atoms in total. The fraction of sp³-hybridized carbons (Fsp3) is 0.240. The fourth-order valence-corrected chi connectivity index (χ4v) is 5.94. The van der Waals surface area contributed by atoms with Crippen LogP contribution in [0.4, 0.5) is 0 Å². The van der Waals surface area contributed by atoms with Gasteiger partial charge in [0, 0.05) is 9.79 Å². The SMILES string of the molecule is CCOC(=O)CC(Sc1ccc(C)cc1)(Sc1ccc(C)cc1)c1ccccc1. The highest BCUT2D eigenvalue weighted by Crippen LogP contribution is 2.55. The maximum Gasteiger partial charge on any atom is 0.308 e. The quantitative estimate of drug-likeness (QED) is 0.222. The molecule has 0 aliphatic carbocycles. The molecule has 0 fully saturated rings. The Morgan fingerprint density at radius 1 is 0.793 bits per heavy atom. The molecule has 0 N–H and O–H groups in total. The van der Waals surface area contributed by atoms with Crippen molar-refractivity contribution in [3.05, 3.63) is 95.6 Å². The van der Waals surface area contributed by atoms with Gasteiger partial charge in [-0.2, -0.15) is 0 Å². The number of carbonyl (C=O) groups excluding carboxylic acids is 1. The van der Waals surface area contributed by atoms with Gasteiger partial charge in [-0.3, -0.25) is 4.79 Å². The van der Waals surface area contributed by atoms with Crippen molar-refractivity contribution in [2.75, 3.05) is 6.61 Å². The van der Waals surface area contributed by atoms with E-state index in [1.165, 1.54) is 11.1 Å². The molecule has 0 aliphatic rings. The number of thioether (sulfide) groups is 2. The van der Waals surface area contributed by atoms with Crippen molar-refractivity contribution in [2.24, 2.45) is 0 Å². The van der Waals surface area contributed by atoms with E-state index in [1.807, 2.05) is 25.1 Å². The van der Waals surface area contributed by atoms with E-state index in [9.17, 15) is 4.79 Å². The number of ether oxygens (including phenoxy) is 1. The summed E-state index contributed by atoms with van der Waals surface area (Å²) in [6.45, 7) is 6.40. The minimum atomic E-state index is -0.530. The Balaban J connectivity index is 2.06. The highest BCUT2D eigenvalue weighted by Gasteiger charge is 2.38. The highest BCUT2D eigenvalue weighted by atomic mass is 32.2. The number of hydrogen-bond donors (Lipinski definition) is 0. The van der Waals surface area contributed by atoms with Gasteiger partial charge in [0.2, 0.25) is 0 Å². The summed E-state index contributed by atoms with van der Waals surface area (Å²) >= 11 is 3.43. The molecule has 0 saturated carbocycles. The molecule has 3 aromatic rings. The zero-order chi connectivity index (χ0) is 20.7. The molecular weight excluding hydrogens is 396 g/mol. The van der Waals surface area contributed by atoms with Crippen LogP contribution in [0.2, 0.25) is 0 Å². The lowest BCUT2D eigenvalue weighted by Crippen LogP contribution is -2.23. The molecule has 0 amide bonds. The highest BCUT2D eigenvalue weighted by molar-refractivity contribution is 8.17. The Hall–Kier alpha value is -2.17. The predicted octanol–water partition coefficient (Wildman–Crippen LogP) is 6.99. The third-order valence-electron chi connectivity index (χ3n) is 4.50. The number of hydrogen-bond acceptors (Lipinski definition) is 4. The van der Waals surface area contributed by atoms with Crippen molar-refractivity contribution in [1.82, 2.24) is 0 Å². The van der Waals surface area contributed by atoms with E-state index < -0.39 is 4.08 Å². The van der Waals surface area contributed by atoms with Gasteiger partial charge in [0.05, 0.1) is 13.0 Å². The van der Waals surface area contributed by atoms with Crippen LogP contribution in [-0.4, -0.2) is 12.6 Å². The van der Waals surface area contributed by atoms with E-state index in [0.29, 0.717) is 6.61 Å². The van der Waals surface area contributed by atoms with Crippen molar-refractivity contribution >= 4 is 29.5 Å². The summed E-state index contributed by atoms with van der Waals surface area (Å²) in [5.74, 6) is -0.185. The van der Waals surface area contributed by atoms with Crippen LogP contribution in [0.25, 0.3) is 0 Å². The summed E-state index contributed by atoms with van der Waals surface area (Å²) in [7, 11) is 0. The Morgan fingerprint density at radius 3 is 1.72 bits per heavy atom. The maximum absolute atomic E-state index is 12.7. The Labute approximate surface area is 182 Å². The normalized spacial score (nSPS) is 11.3. The molecule has 0 spiro atoms. The number of rotatable bonds is 8. The lowest BCUT2D eigenvalue weighted by Gasteiger charge is -2.32. The smallest absolute Gasteiger partial charge is 0.308 e. The number of carbonyl (C=O) groups is 1. The molecule has 0 aliphatic heterocycles. The summed E-state index contributed by atoms with van der Waals surface area (Å²) in [4.78, 5) is 14.9. The average molecular weight is 423 g/mol. The van der Waals surface area contributed by atoms with Crippen LogP contribution in [0, 0.1) is 13.8 Å².